The molecule has 2 unspecified atom stereocenters. The Bertz CT molecular complexity index is 1120. The minimum absolute atomic E-state index is 0.173. The molecule has 32 heavy (non-hydrogen) atoms. The normalized spacial score (nSPS) is 17.5. The number of ether oxygens (including phenoxy) is 3. The molecule has 0 spiro atoms. The molecule has 0 amide bonds. The molecule has 0 aromatic carbocycles. The summed E-state index contributed by atoms with van der Waals surface area (Å²) in [7, 11) is 1.56. The molecule has 1 aliphatic heterocycles. The lowest BCUT2D eigenvalue weighted by Gasteiger charge is -2.14. The van der Waals surface area contributed by atoms with Crippen LogP contribution in [-0.4, -0.2) is 63.9 Å². The Kier molecular flexibility index (Phi) is 6.90. The average molecular weight is 442 g/mol. The summed E-state index contributed by atoms with van der Waals surface area (Å²) in [5.74, 6) is 0.690. The zero-order chi connectivity index (χ0) is 22.5. The molecular weight excluding hydrogens is 416 g/mol. The van der Waals surface area contributed by atoms with Crippen molar-refractivity contribution in [1.29, 1.82) is 0 Å². The Morgan fingerprint density at radius 1 is 1.22 bits per heavy atom. The van der Waals surface area contributed by atoms with Gasteiger partial charge in [0.25, 0.3) is 5.56 Å². The summed E-state index contributed by atoms with van der Waals surface area (Å²) in [6, 6.07) is 5.52. The summed E-state index contributed by atoms with van der Waals surface area (Å²) in [4.78, 5) is 26.3. The number of nitrogens with one attached hydrogen (secondary N) is 2. The number of fused-ring (bicyclic) bond motifs is 1. The molecule has 1 aliphatic rings. The molecule has 3 aromatic rings. The highest BCUT2D eigenvalue weighted by molar-refractivity contribution is 5.78. The van der Waals surface area contributed by atoms with Gasteiger partial charge in [0.1, 0.15) is 6.10 Å². The Morgan fingerprint density at radius 2 is 2.06 bits per heavy atom. The summed E-state index contributed by atoms with van der Waals surface area (Å²) in [5.41, 5.74) is 4.45. The Balaban J connectivity index is 1.67. The molecule has 2 atom stereocenters. The van der Waals surface area contributed by atoms with E-state index in [9.17, 15) is 4.79 Å². The number of rotatable bonds is 11. The van der Waals surface area contributed by atoms with Gasteiger partial charge in [-0.1, -0.05) is 6.92 Å². The van der Waals surface area contributed by atoms with Gasteiger partial charge < -0.3 is 24.7 Å². The number of methoxy groups -OCH3 is 1. The number of hydrogen-bond acceptors (Lipinski definition) is 10. The second kappa shape index (κ2) is 10.0. The molecule has 0 bridgehead atoms. The van der Waals surface area contributed by atoms with Crippen LogP contribution in [0, 0.1) is 0 Å². The maximum absolute atomic E-state index is 13.2. The van der Waals surface area contributed by atoms with Crippen LogP contribution in [-0.2, 0) is 16.0 Å². The van der Waals surface area contributed by atoms with E-state index >= 15 is 0 Å². The van der Waals surface area contributed by atoms with Crippen LogP contribution in [0.1, 0.15) is 13.3 Å². The van der Waals surface area contributed by atoms with E-state index in [1.165, 1.54) is 0 Å². The highest BCUT2D eigenvalue weighted by Crippen LogP contribution is 2.23. The maximum atomic E-state index is 13.2. The van der Waals surface area contributed by atoms with Gasteiger partial charge in [-0.15, -0.1) is 0 Å². The minimum Gasteiger partial charge on any atom is -0.481 e. The molecule has 4 rings (SSSR count). The number of hydroxylamine groups is 1. The summed E-state index contributed by atoms with van der Waals surface area (Å²) in [6.07, 6.45) is 3.61. The van der Waals surface area contributed by atoms with E-state index in [-0.39, 0.29) is 17.5 Å². The molecule has 1 fully saturated rings. The summed E-state index contributed by atoms with van der Waals surface area (Å²) >= 11 is 0. The van der Waals surface area contributed by atoms with Crippen molar-refractivity contribution in [2.75, 3.05) is 32.2 Å². The number of hydrogen-bond donors (Lipinski definition) is 3. The SMILES string of the molecule is CCCOCCn1c(=O)c(NCC2OC2NO)nc2ncc(-c3ccc(OC)nc3)cc21. The predicted octanol–water partition coefficient (Wildman–Crippen LogP) is 1.40. The third kappa shape index (κ3) is 4.86. The van der Waals surface area contributed by atoms with Crippen molar-refractivity contribution >= 4 is 17.0 Å². The maximum Gasteiger partial charge on any atom is 0.293 e. The molecule has 11 heteroatoms. The number of anilines is 1. The van der Waals surface area contributed by atoms with Crippen LogP contribution in [0.15, 0.2) is 35.4 Å². The van der Waals surface area contributed by atoms with Gasteiger partial charge in [-0.3, -0.25) is 9.36 Å². The topological polar surface area (TPSA) is 136 Å². The van der Waals surface area contributed by atoms with Gasteiger partial charge in [0.05, 0.1) is 19.2 Å². The van der Waals surface area contributed by atoms with Crippen LogP contribution in [0.2, 0.25) is 0 Å². The van der Waals surface area contributed by atoms with Crippen molar-refractivity contribution in [3.63, 3.8) is 0 Å². The van der Waals surface area contributed by atoms with Crippen LogP contribution in [0.4, 0.5) is 5.82 Å². The first-order valence-electron chi connectivity index (χ1n) is 10.4. The molecule has 4 heterocycles. The molecule has 1 saturated heterocycles. The molecule has 0 aliphatic carbocycles. The van der Waals surface area contributed by atoms with E-state index in [4.69, 9.17) is 19.4 Å². The summed E-state index contributed by atoms with van der Waals surface area (Å²) in [5, 5.41) is 11.9. The molecule has 0 saturated carbocycles. The van der Waals surface area contributed by atoms with Gasteiger partial charge in [-0.25, -0.2) is 15.0 Å². The van der Waals surface area contributed by atoms with Crippen LogP contribution in [0.5, 0.6) is 5.88 Å². The van der Waals surface area contributed by atoms with Crippen molar-refractivity contribution in [2.45, 2.75) is 32.2 Å². The van der Waals surface area contributed by atoms with E-state index in [0.29, 0.717) is 43.3 Å². The first kappa shape index (κ1) is 22.1. The first-order valence-corrected chi connectivity index (χ1v) is 10.4. The van der Waals surface area contributed by atoms with Crippen molar-refractivity contribution in [2.24, 2.45) is 0 Å². The van der Waals surface area contributed by atoms with Gasteiger partial charge in [0.15, 0.2) is 17.7 Å². The lowest BCUT2D eigenvalue weighted by atomic mass is 10.1. The summed E-state index contributed by atoms with van der Waals surface area (Å²) in [6.45, 7) is 3.73. The summed E-state index contributed by atoms with van der Waals surface area (Å²) < 4.78 is 17.5. The molecule has 3 N–H and O–H groups in total. The monoisotopic (exact) mass is 442 g/mol. The van der Waals surface area contributed by atoms with Crippen molar-refractivity contribution in [3.05, 3.63) is 40.9 Å². The lowest BCUT2D eigenvalue weighted by Crippen LogP contribution is -2.29. The second-order valence-corrected chi connectivity index (χ2v) is 7.29. The minimum atomic E-state index is -0.439. The van der Waals surface area contributed by atoms with Crippen LogP contribution in [0.3, 0.4) is 0 Å². The smallest absolute Gasteiger partial charge is 0.293 e. The average Bonchev–Trinajstić information content (AvgIpc) is 3.60. The predicted molar refractivity (Wildman–Crippen MR) is 117 cm³/mol. The third-order valence-electron chi connectivity index (χ3n) is 5.07. The van der Waals surface area contributed by atoms with E-state index in [1.54, 1.807) is 30.1 Å². The highest BCUT2D eigenvalue weighted by Gasteiger charge is 2.38. The Labute approximate surface area is 184 Å². The molecule has 0 radical (unpaired) electrons. The van der Waals surface area contributed by atoms with Crippen LogP contribution in [0.25, 0.3) is 22.3 Å². The van der Waals surface area contributed by atoms with E-state index in [0.717, 1.165) is 17.5 Å². The Hall–Kier alpha value is -3.12. The van der Waals surface area contributed by atoms with E-state index < -0.39 is 6.23 Å². The van der Waals surface area contributed by atoms with Gasteiger partial charge in [-0.05, 0) is 18.6 Å². The van der Waals surface area contributed by atoms with Gasteiger partial charge in [-0.2, -0.15) is 5.48 Å². The molecular formula is C21H26N6O5. The number of nitrogens with zero attached hydrogens (tertiary/aromatic N) is 4. The van der Waals surface area contributed by atoms with E-state index in [1.807, 2.05) is 24.5 Å². The number of aromatic nitrogens is 4. The zero-order valence-corrected chi connectivity index (χ0v) is 17.9. The molecule has 3 aromatic heterocycles. The third-order valence-corrected chi connectivity index (χ3v) is 5.07. The van der Waals surface area contributed by atoms with E-state index in [2.05, 4.69) is 20.3 Å². The van der Waals surface area contributed by atoms with Gasteiger partial charge in [0, 0.05) is 49.3 Å². The highest BCUT2D eigenvalue weighted by atomic mass is 16.7. The second-order valence-electron chi connectivity index (χ2n) is 7.29. The van der Waals surface area contributed by atoms with Crippen LogP contribution < -0.4 is 21.1 Å². The number of pyridine rings is 2. The quantitative estimate of drug-likeness (QED) is 0.227. The van der Waals surface area contributed by atoms with Gasteiger partial charge in [0.2, 0.25) is 5.88 Å². The fourth-order valence-corrected chi connectivity index (χ4v) is 3.30. The van der Waals surface area contributed by atoms with Crippen molar-refractivity contribution in [1.82, 2.24) is 25.0 Å². The van der Waals surface area contributed by atoms with Gasteiger partial charge >= 0.3 is 0 Å². The molecule has 11 nitrogen and oxygen atoms in total. The lowest BCUT2D eigenvalue weighted by molar-refractivity contribution is 0.119. The van der Waals surface area contributed by atoms with Crippen molar-refractivity contribution < 1.29 is 19.4 Å². The number of epoxide rings is 1. The fraction of sp³-hybridized carbons (Fsp3) is 0.429. The standard InChI is InChI=1S/C21H26N6O5/c1-3-7-31-8-6-27-15-9-14(13-4-5-17(30-2)22-10-13)11-23-18(15)25-19(21(27)28)24-12-16-20(26-29)32-16/h4-5,9-11,16,20,26,29H,3,6-8,12H2,1-2H3,(H,23,24,25). The van der Waals surface area contributed by atoms with Crippen LogP contribution >= 0.6 is 0 Å². The first-order chi connectivity index (χ1) is 15.6. The molecule has 170 valence electrons. The Morgan fingerprint density at radius 3 is 2.75 bits per heavy atom. The largest absolute Gasteiger partial charge is 0.481 e. The fourth-order valence-electron chi connectivity index (χ4n) is 3.30. The zero-order valence-electron chi connectivity index (χ0n) is 17.9. The van der Waals surface area contributed by atoms with Crippen molar-refractivity contribution in [3.8, 4) is 17.0 Å².